The summed E-state index contributed by atoms with van der Waals surface area (Å²) in [5, 5.41) is 2.77. The number of nitrogen functional groups attached to an aromatic ring is 1. The predicted molar refractivity (Wildman–Crippen MR) is 65.5 cm³/mol. The van der Waals surface area contributed by atoms with Crippen LogP contribution in [0.4, 0.5) is 5.69 Å². The molecule has 0 aliphatic heterocycles. The monoisotopic (exact) mass is 230 g/mol. The van der Waals surface area contributed by atoms with E-state index in [0.29, 0.717) is 17.8 Å². The molecular weight excluding hydrogens is 216 g/mol. The molecule has 1 aromatic carbocycles. The SMILES string of the molecule is Cc1cc(C(=O)NCc2ccco2)ccc1N. The molecule has 0 fully saturated rings. The van der Waals surface area contributed by atoms with Crippen LogP contribution < -0.4 is 11.1 Å². The third kappa shape index (κ3) is 2.66. The molecular formula is C13H14N2O2. The number of hydrogen-bond acceptors (Lipinski definition) is 3. The van der Waals surface area contributed by atoms with Crippen molar-refractivity contribution in [2.45, 2.75) is 13.5 Å². The van der Waals surface area contributed by atoms with Gasteiger partial charge in [-0.1, -0.05) is 0 Å². The Bertz CT molecular complexity index is 518. The maximum atomic E-state index is 11.8. The van der Waals surface area contributed by atoms with Crippen molar-refractivity contribution in [3.8, 4) is 0 Å². The van der Waals surface area contributed by atoms with Crippen LogP contribution in [0.5, 0.6) is 0 Å². The third-order valence-corrected chi connectivity index (χ3v) is 2.54. The van der Waals surface area contributed by atoms with Gasteiger partial charge in [0.1, 0.15) is 5.76 Å². The number of nitrogens with one attached hydrogen (secondary N) is 1. The van der Waals surface area contributed by atoms with Crippen LogP contribution in [0.25, 0.3) is 0 Å². The molecule has 0 bridgehead atoms. The van der Waals surface area contributed by atoms with Crippen molar-refractivity contribution in [3.63, 3.8) is 0 Å². The van der Waals surface area contributed by atoms with Gasteiger partial charge in [0.05, 0.1) is 12.8 Å². The maximum absolute atomic E-state index is 11.8. The lowest BCUT2D eigenvalue weighted by Crippen LogP contribution is -2.22. The number of carbonyl (C=O) groups excluding carboxylic acids is 1. The first kappa shape index (κ1) is 11.3. The Morgan fingerprint density at radius 2 is 2.24 bits per heavy atom. The first-order valence-electron chi connectivity index (χ1n) is 5.33. The van der Waals surface area contributed by atoms with E-state index in [-0.39, 0.29) is 5.91 Å². The number of aryl methyl sites for hydroxylation is 1. The summed E-state index contributed by atoms with van der Waals surface area (Å²) in [6, 6.07) is 8.81. The number of carbonyl (C=O) groups is 1. The van der Waals surface area contributed by atoms with E-state index in [1.807, 2.05) is 13.0 Å². The summed E-state index contributed by atoms with van der Waals surface area (Å²) < 4.78 is 5.13. The summed E-state index contributed by atoms with van der Waals surface area (Å²) in [7, 11) is 0. The molecule has 2 rings (SSSR count). The van der Waals surface area contributed by atoms with Crippen LogP contribution in [0.15, 0.2) is 41.0 Å². The average molecular weight is 230 g/mol. The molecule has 4 nitrogen and oxygen atoms in total. The van der Waals surface area contributed by atoms with Crippen molar-refractivity contribution in [2.75, 3.05) is 5.73 Å². The number of nitrogens with two attached hydrogens (primary N) is 1. The summed E-state index contributed by atoms with van der Waals surface area (Å²) in [5.74, 6) is 0.593. The lowest BCUT2D eigenvalue weighted by molar-refractivity contribution is 0.0948. The van der Waals surface area contributed by atoms with E-state index < -0.39 is 0 Å². The largest absolute Gasteiger partial charge is 0.467 e. The van der Waals surface area contributed by atoms with Crippen molar-refractivity contribution in [3.05, 3.63) is 53.5 Å². The van der Waals surface area contributed by atoms with Gasteiger partial charge >= 0.3 is 0 Å². The molecule has 0 atom stereocenters. The number of anilines is 1. The standard InChI is InChI=1S/C13H14N2O2/c1-9-7-10(4-5-12(9)14)13(16)15-8-11-3-2-6-17-11/h2-7H,8,14H2,1H3,(H,15,16). The average Bonchev–Trinajstić information content (AvgIpc) is 2.82. The van der Waals surface area contributed by atoms with Gasteiger partial charge in [0, 0.05) is 11.3 Å². The smallest absolute Gasteiger partial charge is 0.251 e. The minimum atomic E-state index is -0.135. The minimum absolute atomic E-state index is 0.135. The molecule has 0 radical (unpaired) electrons. The molecule has 4 heteroatoms. The molecule has 1 heterocycles. The maximum Gasteiger partial charge on any atom is 0.251 e. The molecule has 0 saturated carbocycles. The fourth-order valence-electron chi connectivity index (χ4n) is 1.50. The number of furan rings is 1. The molecule has 3 N–H and O–H groups in total. The predicted octanol–water partition coefficient (Wildman–Crippen LogP) is 2.10. The Labute approximate surface area is 99.4 Å². The Morgan fingerprint density at radius 3 is 2.88 bits per heavy atom. The first-order chi connectivity index (χ1) is 8.16. The van der Waals surface area contributed by atoms with Gasteiger partial charge in [-0.3, -0.25) is 4.79 Å². The molecule has 0 spiro atoms. The van der Waals surface area contributed by atoms with Gasteiger partial charge in [-0.05, 0) is 42.8 Å². The van der Waals surface area contributed by atoms with Gasteiger partial charge in [-0.25, -0.2) is 0 Å². The van der Waals surface area contributed by atoms with Crippen LogP contribution in [0, 0.1) is 6.92 Å². The van der Waals surface area contributed by atoms with E-state index in [4.69, 9.17) is 10.2 Å². The van der Waals surface area contributed by atoms with Crippen molar-refractivity contribution in [1.82, 2.24) is 5.32 Å². The van der Waals surface area contributed by atoms with E-state index in [1.54, 1.807) is 30.5 Å². The Hall–Kier alpha value is -2.23. The van der Waals surface area contributed by atoms with Crippen molar-refractivity contribution >= 4 is 11.6 Å². The van der Waals surface area contributed by atoms with Gasteiger partial charge in [0.25, 0.3) is 5.91 Å². The normalized spacial score (nSPS) is 10.2. The molecule has 2 aromatic rings. The topological polar surface area (TPSA) is 68.3 Å². The van der Waals surface area contributed by atoms with Crippen LogP contribution in [-0.2, 0) is 6.54 Å². The molecule has 0 saturated heterocycles. The second-order valence-electron chi connectivity index (χ2n) is 3.83. The van der Waals surface area contributed by atoms with Crippen LogP contribution in [-0.4, -0.2) is 5.91 Å². The highest BCUT2D eigenvalue weighted by atomic mass is 16.3. The lowest BCUT2D eigenvalue weighted by Gasteiger charge is -2.05. The summed E-state index contributed by atoms with van der Waals surface area (Å²) in [6.45, 7) is 2.26. The van der Waals surface area contributed by atoms with Crippen LogP contribution in [0.3, 0.4) is 0 Å². The molecule has 0 unspecified atom stereocenters. The van der Waals surface area contributed by atoms with E-state index >= 15 is 0 Å². The molecule has 1 amide bonds. The zero-order valence-electron chi connectivity index (χ0n) is 9.57. The van der Waals surface area contributed by atoms with Crippen LogP contribution >= 0.6 is 0 Å². The van der Waals surface area contributed by atoms with E-state index in [2.05, 4.69) is 5.32 Å². The highest BCUT2D eigenvalue weighted by Crippen LogP contribution is 2.12. The highest BCUT2D eigenvalue weighted by molar-refractivity contribution is 5.94. The Morgan fingerprint density at radius 1 is 1.41 bits per heavy atom. The number of hydrogen-bond donors (Lipinski definition) is 2. The lowest BCUT2D eigenvalue weighted by atomic mass is 10.1. The van der Waals surface area contributed by atoms with Gasteiger partial charge in [-0.15, -0.1) is 0 Å². The van der Waals surface area contributed by atoms with Gasteiger partial charge in [0.15, 0.2) is 0 Å². The number of benzene rings is 1. The summed E-state index contributed by atoms with van der Waals surface area (Å²) >= 11 is 0. The van der Waals surface area contributed by atoms with Crippen molar-refractivity contribution in [2.24, 2.45) is 0 Å². The van der Waals surface area contributed by atoms with E-state index in [1.165, 1.54) is 0 Å². The molecule has 17 heavy (non-hydrogen) atoms. The molecule has 88 valence electrons. The second-order valence-corrected chi connectivity index (χ2v) is 3.83. The summed E-state index contributed by atoms with van der Waals surface area (Å²) in [4.78, 5) is 11.8. The van der Waals surface area contributed by atoms with Crippen LogP contribution in [0.2, 0.25) is 0 Å². The number of amides is 1. The Balaban J connectivity index is 2.02. The van der Waals surface area contributed by atoms with Gasteiger partial charge in [0.2, 0.25) is 0 Å². The summed E-state index contributed by atoms with van der Waals surface area (Å²) in [5.41, 5.74) is 7.88. The first-order valence-corrected chi connectivity index (χ1v) is 5.33. The van der Waals surface area contributed by atoms with Gasteiger partial charge < -0.3 is 15.5 Å². The second kappa shape index (κ2) is 4.74. The summed E-state index contributed by atoms with van der Waals surface area (Å²) in [6.07, 6.45) is 1.58. The fourth-order valence-corrected chi connectivity index (χ4v) is 1.50. The minimum Gasteiger partial charge on any atom is -0.467 e. The fraction of sp³-hybridized carbons (Fsp3) is 0.154. The highest BCUT2D eigenvalue weighted by Gasteiger charge is 2.07. The van der Waals surface area contributed by atoms with Crippen molar-refractivity contribution in [1.29, 1.82) is 0 Å². The number of rotatable bonds is 3. The van der Waals surface area contributed by atoms with E-state index in [0.717, 1.165) is 11.3 Å². The zero-order valence-corrected chi connectivity index (χ0v) is 9.57. The zero-order chi connectivity index (χ0) is 12.3. The molecule has 0 aliphatic carbocycles. The molecule has 0 aliphatic rings. The van der Waals surface area contributed by atoms with Gasteiger partial charge in [-0.2, -0.15) is 0 Å². The quantitative estimate of drug-likeness (QED) is 0.793. The molecule has 1 aromatic heterocycles. The van der Waals surface area contributed by atoms with Crippen molar-refractivity contribution < 1.29 is 9.21 Å². The van der Waals surface area contributed by atoms with Crippen LogP contribution in [0.1, 0.15) is 21.7 Å². The Kier molecular flexibility index (Phi) is 3.14. The third-order valence-electron chi connectivity index (χ3n) is 2.54. The van der Waals surface area contributed by atoms with E-state index in [9.17, 15) is 4.79 Å².